The van der Waals surface area contributed by atoms with Gasteiger partial charge in [0, 0.05) is 30.1 Å². The molecule has 1 fully saturated rings. The molecule has 9 heteroatoms. The first-order valence-electron chi connectivity index (χ1n) is 9.05. The first-order chi connectivity index (χ1) is 13.6. The Morgan fingerprint density at radius 3 is 2.96 bits per heavy atom. The second-order valence-electron chi connectivity index (χ2n) is 6.69. The topological polar surface area (TPSA) is 97.2 Å². The fourth-order valence-corrected chi connectivity index (χ4v) is 3.96. The van der Waals surface area contributed by atoms with E-state index in [1.807, 2.05) is 6.07 Å². The lowest BCUT2D eigenvalue weighted by Crippen LogP contribution is -2.45. The van der Waals surface area contributed by atoms with Crippen molar-refractivity contribution in [2.75, 3.05) is 18.4 Å². The Hall–Kier alpha value is -3.07. The molecule has 0 saturated carbocycles. The highest BCUT2D eigenvalue weighted by molar-refractivity contribution is 7.13. The van der Waals surface area contributed by atoms with Crippen molar-refractivity contribution in [1.29, 1.82) is 0 Å². The molecule has 3 aromatic rings. The molecule has 1 aliphatic rings. The standard InChI is InChI=1S/C19H19N5O3S/c25-16-10-21-24(15-6-2-1-5-14(15)16)12-17(26)23-8-3-4-13(11-23)18(27)22-19-20-7-9-28-19/h1-2,5-7,9-10,13H,3-4,8,11-12H2,(H,20,22,27). The summed E-state index contributed by atoms with van der Waals surface area (Å²) in [4.78, 5) is 43.0. The van der Waals surface area contributed by atoms with E-state index in [1.54, 1.807) is 34.7 Å². The van der Waals surface area contributed by atoms with Crippen LogP contribution in [0.15, 0.2) is 46.8 Å². The minimum atomic E-state index is -0.264. The molecule has 0 spiro atoms. The monoisotopic (exact) mass is 397 g/mol. The molecule has 1 unspecified atom stereocenters. The number of nitrogens with one attached hydrogen (secondary N) is 1. The largest absolute Gasteiger partial charge is 0.340 e. The number of likely N-dealkylation sites (tertiary alicyclic amines) is 1. The number of hydrogen-bond donors (Lipinski definition) is 1. The molecule has 1 N–H and O–H groups in total. The molecule has 3 heterocycles. The first kappa shape index (κ1) is 18.3. The maximum atomic E-state index is 12.8. The molecule has 1 atom stereocenters. The van der Waals surface area contributed by atoms with E-state index < -0.39 is 0 Å². The summed E-state index contributed by atoms with van der Waals surface area (Å²) in [6, 6.07) is 7.09. The number of carbonyl (C=O) groups excluding carboxylic acids is 2. The summed E-state index contributed by atoms with van der Waals surface area (Å²) in [5.41, 5.74) is 0.453. The Balaban J connectivity index is 1.46. The second kappa shape index (κ2) is 7.89. The van der Waals surface area contributed by atoms with E-state index in [4.69, 9.17) is 0 Å². The van der Waals surface area contributed by atoms with Crippen LogP contribution >= 0.6 is 11.3 Å². The summed E-state index contributed by atoms with van der Waals surface area (Å²) in [5.74, 6) is -0.493. The number of benzene rings is 1. The van der Waals surface area contributed by atoms with Gasteiger partial charge < -0.3 is 10.2 Å². The van der Waals surface area contributed by atoms with E-state index in [9.17, 15) is 14.4 Å². The van der Waals surface area contributed by atoms with Gasteiger partial charge in [-0.3, -0.25) is 19.1 Å². The molecule has 144 valence electrons. The van der Waals surface area contributed by atoms with Gasteiger partial charge in [-0.15, -0.1) is 11.3 Å². The van der Waals surface area contributed by atoms with Crippen molar-refractivity contribution < 1.29 is 9.59 Å². The average Bonchev–Trinajstić information content (AvgIpc) is 3.23. The Bertz CT molecular complexity index is 1060. The maximum Gasteiger partial charge on any atom is 0.244 e. The molecule has 8 nitrogen and oxygen atoms in total. The SMILES string of the molecule is O=C(Nc1nccs1)C1CCCN(C(=O)Cn2ncc(=O)c3ccccc32)C1. The number of thiazole rings is 1. The van der Waals surface area contributed by atoms with Gasteiger partial charge in [0.15, 0.2) is 5.13 Å². The molecule has 0 aliphatic carbocycles. The third-order valence-corrected chi connectivity index (χ3v) is 5.54. The fraction of sp³-hybridized carbons (Fsp3) is 0.316. The first-order valence-corrected chi connectivity index (χ1v) is 9.93. The zero-order valence-electron chi connectivity index (χ0n) is 15.1. The van der Waals surface area contributed by atoms with Crippen LogP contribution in [-0.2, 0) is 16.1 Å². The lowest BCUT2D eigenvalue weighted by molar-refractivity contribution is -0.135. The van der Waals surface area contributed by atoms with Crippen LogP contribution in [0.5, 0.6) is 0 Å². The Morgan fingerprint density at radius 2 is 2.14 bits per heavy atom. The third-order valence-electron chi connectivity index (χ3n) is 4.85. The van der Waals surface area contributed by atoms with Crippen LogP contribution in [0.3, 0.4) is 0 Å². The van der Waals surface area contributed by atoms with Gasteiger partial charge in [0.05, 0.1) is 17.6 Å². The van der Waals surface area contributed by atoms with Crippen LogP contribution in [0.25, 0.3) is 10.9 Å². The van der Waals surface area contributed by atoms with Crippen LogP contribution < -0.4 is 10.7 Å². The third kappa shape index (κ3) is 3.79. The highest BCUT2D eigenvalue weighted by Crippen LogP contribution is 2.20. The quantitative estimate of drug-likeness (QED) is 0.723. The van der Waals surface area contributed by atoms with Gasteiger partial charge >= 0.3 is 0 Å². The molecule has 0 bridgehead atoms. The van der Waals surface area contributed by atoms with Crippen LogP contribution in [0, 0.1) is 5.92 Å². The van der Waals surface area contributed by atoms with Crippen LogP contribution in [0.1, 0.15) is 12.8 Å². The van der Waals surface area contributed by atoms with Gasteiger partial charge in [-0.25, -0.2) is 4.98 Å². The van der Waals surface area contributed by atoms with Gasteiger partial charge in [-0.05, 0) is 25.0 Å². The molecule has 1 aromatic carbocycles. The van der Waals surface area contributed by atoms with Crippen molar-refractivity contribution in [3.8, 4) is 0 Å². The van der Waals surface area contributed by atoms with Gasteiger partial charge in [0.2, 0.25) is 17.2 Å². The number of amides is 2. The summed E-state index contributed by atoms with van der Waals surface area (Å²) in [5, 5.41) is 9.82. The lowest BCUT2D eigenvalue weighted by Gasteiger charge is -2.32. The highest BCUT2D eigenvalue weighted by atomic mass is 32.1. The zero-order chi connectivity index (χ0) is 19.5. The van der Waals surface area contributed by atoms with Crippen molar-refractivity contribution in [3.63, 3.8) is 0 Å². The van der Waals surface area contributed by atoms with Crippen molar-refractivity contribution in [2.45, 2.75) is 19.4 Å². The van der Waals surface area contributed by atoms with E-state index in [0.29, 0.717) is 29.1 Å². The Morgan fingerprint density at radius 1 is 1.29 bits per heavy atom. The lowest BCUT2D eigenvalue weighted by atomic mass is 9.97. The second-order valence-corrected chi connectivity index (χ2v) is 7.58. The normalized spacial score (nSPS) is 16.9. The summed E-state index contributed by atoms with van der Waals surface area (Å²) in [7, 11) is 0. The predicted molar refractivity (Wildman–Crippen MR) is 106 cm³/mol. The van der Waals surface area contributed by atoms with Gasteiger partial charge in [-0.1, -0.05) is 12.1 Å². The van der Waals surface area contributed by atoms with E-state index in [1.165, 1.54) is 22.2 Å². The smallest absolute Gasteiger partial charge is 0.244 e. The number of aromatic nitrogens is 3. The molecule has 1 saturated heterocycles. The van der Waals surface area contributed by atoms with E-state index >= 15 is 0 Å². The number of piperidine rings is 1. The molecule has 28 heavy (non-hydrogen) atoms. The van der Waals surface area contributed by atoms with Crippen LogP contribution in [0.4, 0.5) is 5.13 Å². The van der Waals surface area contributed by atoms with E-state index in [-0.39, 0.29) is 29.7 Å². The van der Waals surface area contributed by atoms with Crippen LogP contribution in [0.2, 0.25) is 0 Å². The number of para-hydroxylation sites is 1. The number of anilines is 1. The van der Waals surface area contributed by atoms with Gasteiger partial charge in [0.1, 0.15) is 6.54 Å². The van der Waals surface area contributed by atoms with Gasteiger partial charge in [-0.2, -0.15) is 5.10 Å². The minimum absolute atomic E-state index is 0.0294. The van der Waals surface area contributed by atoms with E-state index in [2.05, 4.69) is 15.4 Å². The number of rotatable bonds is 4. The zero-order valence-corrected chi connectivity index (χ0v) is 15.9. The molecule has 4 rings (SSSR count). The summed E-state index contributed by atoms with van der Waals surface area (Å²) in [6.07, 6.45) is 4.37. The maximum absolute atomic E-state index is 12.8. The highest BCUT2D eigenvalue weighted by Gasteiger charge is 2.29. The summed E-state index contributed by atoms with van der Waals surface area (Å²) >= 11 is 1.37. The minimum Gasteiger partial charge on any atom is -0.340 e. The molecular formula is C19H19N5O3S. The van der Waals surface area contributed by atoms with E-state index in [0.717, 1.165) is 12.8 Å². The van der Waals surface area contributed by atoms with Gasteiger partial charge in [0.25, 0.3) is 0 Å². The summed E-state index contributed by atoms with van der Waals surface area (Å²) < 4.78 is 1.54. The number of carbonyl (C=O) groups is 2. The Kier molecular flexibility index (Phi) is 5.16. The van der Waals surface area contributed by atoms with Crippen molar-refractivity contribution in [2.24, 2.45) is 5.92 Å². The average molecular weight is 397 g/mol. The number of hydrogen-bond acceptors (Lipinski definition) is 6. The molecular weight excluding hydrogens is 378 g/mol. The predicted octanol–water partition coefficient (Wildman–Crippen LogP) is 1.73. The summed E-state index contributed by atoms with van der Waals surface area (Å²) in [6.45, 7) is 1.01. The van der Waals surface area contributed by atoms with Crippen LogP contribution in [-0.4, -0.2) is 44.6 Å². The number of fused-ring (bicyclic) bond motifs is 1. The molecule has 1 aliphatic heterocycles. The van der Waals surface area contributed by atoms with Crippen molar-refractivity contribution in [3.05, 3.63) is 52.3 Å². The molecule has 0 radical (unpaired) electrons. The molecule has 2 amide bonds. The Labute approximate surface area is 164 Å². The van der Waals surface area contributed by atoms with Crippen molar-refractivity contribution in [1.82, 2.24) is 19.7 Å². The number of nitrogens with zero attached hydrogens (tertiary/aromatic N) is 4. The van der Waals surface area contributed by atoms with Crippen molar-refractivity contribution >= 4 is 39.2 Å². The molecule has 2 aromatic heterocycles. The fourth-order valence-electron chi connectivity index (χ4n) is 3.43.